The van der Waals surface area contributed by atoms with Crippen LogP contribution in [-0.2, 0) is 9.53 Å². The third-order valence-corrected chi connectivity index (χ3v) is 3.85. The summed E-state index contributed by atoms with van der Waals surface area (Å²) in [6.45, 7) is 4.23. The number of carbonyl (C=O) groups is 1. The molecule has 1 saturated carbocycles. The van der Waals surface area contributed by atoms with E-state index in [4.69, 9.17) is 4.74 Å². The molecule has 1 amide bonds. The predicted octanol–water partition coefficient (Wildman–Crippen LogP) is 1.08. The normalized spacial score (nSPS) is 41.8. The van der Waals surface area contributed by atoms with E-state index in [0.717, 1.165) is 12.8 Å². The van der Waals surface area contributed by atoms with Crippen molar-refractivity contribution in [2.75, 3.05) is 7.11 Å². The van der Waals surface area contributed by atoms with E-state index in [1.807, 2.05) is 0 Å². The van der Waals surface area contributed by atoms with E-state index in [1.165, 1.54) is 0 Å². The molecule has 3 nitrogen and oxygen atoms in total. The van der Waals surface area contributed by atoms with E-state index in [-0.39, 0.29) is 16.9 Å². The van der Waals surface area contributed by atoms with Gasteiger partial charge >= 0.3 is 0 Å². The summed E-state index contributed by atoms with van der Waals surface area (Å²) in [6, 6.07) is 0. The van der Waals surface area contributed by atoms with Crippen LogP contribution in [-0.4, -0.2) is 24.7 Å². The molecule has 13 heavy (non-hydrogen) atoms. The number of hydrogen-bond donors (Lipinski definition) is 1. The number of amides is 1. The van der Waals surface area contributed by atoms with Gasteiger partial charge in [-0.3, -0.25) is 4.79 Å². The van der Waals surface area contributed by atoms with Gasteiger partial charge in [-0.15, -0.1) is 0 Å². The SMILES string of the molecule is COC1CC2(CC(=O)NC2(C)C)C1. The van der Waals surface area contributed by atoms with Crippen molar-refractivity contribution in [2.24, 2.45) is 5.41 Å². The Bertz CT molecular complexity index is 241. The van der Waals surface area contributed by atoms with Crippen LogP contribution in [0, 0.1) is 5.41 Å². The Balaban J connectivity index is 2.12. The lowest BCUT2D eigenvalue weighted by atomic mass is 9.57. The highest BCUT2D eigenvalue weighted by Gasteiger charge is 2.59. The largest absolute Gasteiger partial charge is 0.381 e. The van der Waals surface area contributed by atoms with Gasteiger partial charge in [-0.05, 0) is 26.7 Å². The standard InChI is InChI=1S/C10H17NO2/c1-9(2)10(6-8(12)11-9)4-7(5-10)13-3/h7H,4-6H2,1-3H3,(H,11,12). The summed E-state index contributed by atoms with van der Waals surface area (Å²) in [7, 11) is 1.74. The van der Waals surface area contributed by atoms with E-state index in [0.29, 0.717) is 12.5 Å². The lowest BCUT2D eigenvalue weighted by Gasteiger charge is -2.51. The second-order valence-electron chi connectivity index (χ2n) is 4.90. The minimum atomic E-state index is -0.0425. The van der Waals surface area contributed by atoms with Crippen molar-refractivity contribution < 1.29 is 9.53 Å². The van der Waals surface area contributed by atoms with Crippen LogP contribution >= 0.6 is 0 Å². The molecule has 1 N–H and O–H groups in total. The van der Waals surface area contributed by atoms with E-state index >= 15 is 0 Å². The summed E-state index contributed by atoms with van der Waals surface area (Å²) < 4.78 is 5.26. The predicted molar refractivity (Wildman–Crippen MR) is 49.3 cm³/mol. The lowest BCUT2D eigenvalue weighted by Crippen LogP contribution is -2.55. The number of carbonyl (C=O) groups excluding carboxylic acids is 1. The number of nitrogens with one attached hydrogen (secondary N) is 1. The fourth-order valence-corrected chi connectivity index (χ4v) is 2.69. The van der Waals surface area contributed by atoms with E-state index in [2.05, 4.69) is 19.2 Å². The third kappa shape index (κ3) is 1.10. The summed E-state index contributed by atoms with van der Waals surface area (Å²) >= 11 is 0. The van der Waals surface area contributed by atoms with Gasteiger partial charge in [-0.2, -0.15) is 0 Å². The molecule has 1 aliphatic heterocycles. The van der Waals surface area contributed by atoms with Gasteiger partial charge < -0.3 is 10.1 Å². The molecule has 0 aromatic rings. The maximum Gasteiger partial charge on any atom is 0.221 e. The number of ether oxygens (including phenoxy) is 1. The molecule has 2 fully saturated rings. The molecule has 2 aliphatic rings. The molecular weight excluding hydrogens is 166 g/mol. The van der Waals surface area contributed by atoms with Crippen LogP contribution in [0.15, 0.2) is 0 Å². The first kappa shape index (κ1) is 9.00. The van der Waals surface area contributed by atoms with Gasteiger partial charge in [0.25, 0.3) is 0 Å². The first-order chi connectivity index (χ1) is 5.99. The molecular formula is C10H17NO2. The summed E-state index contributed by atoms with van der Waals surface area (Å²) in [4.78, 5) is 11.3. The highest BCUT2D eigenvalue weighted by molar-refractivity contribution is 5.81. The third-order valence-electron chi connectivity index (χ3n) is 3.85. The maximum atomic E-state index is 11.3. The number of hydrogen-bond acceptors (Lipinski definition) is 2. The maximum absolute atomic E-state index is 11.3. The van der Waals surface area contributed by atoms with E-state index in [1.54, 1.807) is 7.11 Å². The van der Waals surface area contributed by atoms with Crippen LogP contribution < -0.4 is 5.32 Å². The minimum Gasteiger partial charge on any atom is -0.381 e. The molecule has 0 unspecified atom stereocenters. The Morgan fingerprint density at radius 1 is 1.46 bits per heavy atom. The Labute approximate surface area is 78.8 Å². The second-order valence-corrected chi connectivity index (χ2v) is 4.90. The van der Waals surface area contributed by atoms with Gasteiger partial charge in [-0.1, -0.05) is 0 Å². The Hall–Kier alpha value is -0.570. The van der Waals surface area contributed by atoms with Gasteiger partial charge in [0.1, 0.15) is 0 Å². The summed E-state index contributed by atoms with van der Waals surface area (Å²) in [5, 5.41) is 3.04. The molecule has 3 heteroatoms. The van der Waals surface area contributed by atoms with Crippen LogP contribution in [0.1, 0.15) is 33.1 Å². The molecule has 74 valence electrons. The Morgan fingerprint density at radius 3 is 2.46 bits per heavy atom. The average Bonchev–Trinajstić information content (AvgIpc) is 2.16. The quantitative estimate of drug-likeness (QED) is 0.660. The average molecular weight is 183 g/mol. The van der Waals surface area contributed by atoms with Crippen LogP contribution in [0.3, 0.4) is 0 Å². The minimum absolute atomic E-state index is 0.0425. The summed E-state index contributed by atoms with van der Waals surface area (Å²) in [5.41, 5.74) is 0.129. The van der Waals surface area contributed by atoms with Crippen molar-refractivity contribution >= 4 is 5.91 Å². The molecule has 0 aromatic carbocycles. The zero-order valence-electron chi connectivity index (χ0n) is 8.52. The van der Waals surface area contributed by atoms with Crippen molar-refractivity contribution in [3.8, 4) is 0 Å². The van der Waals surface area contributed by atoms with Gasteiger partial charge in [0.2, 0.25) is 5.91 Å². The van der Waals surface area contributed by atoms with Crippen molar-refractivity contribution in [3.05, 3.63) is 0 Å². The van der Waals surface area contributed by atoms with Gasteiger partial charge in [-0.25, -0.2) is 0 Å². The van der Waals surface area contributed by atoms with E-state index < -0.39 is 0 Å². The summed E-state index contributed by atoms with van der Waals surface area (Å²) in [6.07, 6.45) is 3.09. The van der Waals surface area contributed by atoms with Crippen LogP contribution in [0.5, 0.6) is 0 Å². The number of methoxy groups -OCH3 is 1. The molecule has 0 atom stereocenters. The number of rotatable bonds is 1. The lowest BCUT2D eigenvalue weighted by molar-refractivity contribution is -0.121. The molecule has 0 bridgehead atoms. The topological polar surface area (TPSA) is 38.3 Å². The zero-order valence-corrected chi connectivity index (χ0v) is 8.52. The van der Waals surface area contributed by atoms with Gasteiger partial charge in [0.15, 0.2) is 0 Å². The first-order valence-electron chi connectivity index (χ1n) is 4.83. The van der Waals surface area contributed by atoms with Crippen molar-refractivity contribution in [1.82, 2.24) is 5.32 Å². The van der Waals surface area contributed by atoms with Crippen molar-refractivity contribution in [1.29, 1.82) is 0 Å². The highest BCUT2D eigenvalue weighted by atomic mass is 16.5. The first-order valence-corrected chi connectivity index (χ1v) is 4.83. The smallest absolute Gasteiger partial charge is 0.221 e. The zero-order chi connectivity index (χ0) is 9.69. The van der Waals surface area contributed by atoms with Crippen molar-refractivity contribution in [3.63, 3.8) is 0 Å². The van der Waals surface area contributed by atoms with Gasteiger partial charge in [0.05, 0.1) is 6.10 Å². The van der Waals surface area contributed by atoms with Crippen LogP contribution in [0.2, 0.25) is 0 Å². The Morgan fingerprint density at radius 2 is 2.08 bits per heavy atom. The molecule has 0 radical (unpaired) electrons. The van der Waals surface area contributed by atoms with Gasteiger partial charge in [0, 0.05) is 24.5 Å². The second kappa shape index (κ2) is 2.47. The summed E-state index contributed by atoms with van der Waals surface area (Å²) in [5.74, 6) is 0.194. The molecule has 2 rings (SSSR count). The fourth-order valence-electron chi connectivity index (χ4n) is 2.69. The van der Waals surface area contributed by atoms with E-state index in [9.17, 15) is 4.79 Å². The van der Waals surface area contributed by atoms with Crippen LogP contribution in [0.4, 0.5) is 0 Å². The van der Waals surface area contributed by atoms with Crippen LogP contribution in [0.25, 0.3) is 0 Å². The Kier molecular flexibility index (Phi) is 1.71. The molecule has 1 heterocycles. The molecule has 1 aliphatic carbocycles. The van der Waals surface area contributed by atoms with Crippen molar-refractivity contribution in [2.45, 2.75) is 44.8 Å². The monoisotopic (exact) mass is 183 g/mol. The molecule has 1 saturated heterocycles. The molecule has 1 spiro atoms. The fraction of sp³-hybridized carbons (Fsp3) is 0.900. The highest BCUT2D eigenvalue weighted by Crippen LogP contribution is 2.55. The molecule has 0 aromatic heterocycles.